The van der Waals surface area contributed by atoms with Crippen LogP contribution in [0.4, 0.5) is 0 Å². The molecule has 3 nitrogen and oxygen atoms in total. The molecule has 0 spiro atoms. The first-order valence-electron chi connectivity index (χ1n) is 3.02. The average molecular weight is 133 g/mol. The Morgan fingerprint density at radius 1 is 1.70 bits per heavy atom. The van der Waals surface area contributed by atoms with Gasteiger partial charge in [0.25, 0.3) is 0 Å². The highest BCUT2D eigenvalue weighted by Gasteiger charge is 1.96. The summed E-state index contributed by atoms with van der Waals surface area (Å²) in [6.07, 6.45) is 1.52. The van der Waals surface area contributed by atoms with Crippen LogP contribution in [0.3, 0.4) is 0 Å². The van der Waals surface area contributed by atoms with E-state index in [1.54, 1.807) is 0 Å². The fourth-order valence-electron chi connectivity index (χ4n) is 0.696. The summed E-state index contributed by atoms with van der Waals surface area (Å²) in [5.41, 5.74) is 7.39. The predicted molar refractivity (Wildman–Crippen MR) is 40.0 cm³/mol. The van der Waals surface area contributed by atoms with E-state index in [0.29, 0.717) is 12.1 Å². The van der Waals surface area contributed by atoms with E-state index in [1.165, 1.54) is 6.20 Å². The number of aromatic nitrogens is 2. The van der Waals surface area contributed by atoms with E-state index in [1.807, 2.05) is 6.92 Å². The molecule has 1 heterocycles. The van der Waals surface area contributed by atoms with Crippen molar-refractivity contribution in [3.05, 3.63) is 17.6 Å². The number of hydrogen-bond donors (Lipinski definition) is 1. The predicted octanol–water partition coefficient (Wildman–Crippen LogP) is -0.962. The van der Waals surface area contributed by atoms with Crippen molar-refractivity contribution in [2.24, 2.45) is 5.73 Å². The first kappa shape index (κ1) is 7.21. The van der Waals surface area contributed by atoms with Crippen LogP contribution in [0.5, 0.6) is 0 Å². The van der Waals surface area contributed by atoms with Crippen molar-refractivity contribution in [2.75, 3.05) is 0 Å². The molecule has 0 unspecified atom stereocenters. The fourth-order valence-corrected chi connectivity index (χ4v) is 0.696. The molecule has 4 heteroatoms. The molecule has 2 radical (unpaired) electrons. The van der Waals surface area contributed by atoms with Gasteiger partial charge in [0.05, 0.1) is 11.4 Å². The molecule has 0 saturated carbocycles. The summed E-state index contributed by atoms with van der Waals surface area (Å²) in [4.78, 5) is 7.96. The number of nitrogens with two attached hydrogens (primary N) is 1. The molecule has 1 aromatic rings. The largest absolute Gasteiger partial charge is 0.325 e. The van der Waals surface area contributed by atoms with E-state index in [2.05, 4.69) is 9.97 Å². The van der Waals surface area contributed by atoms with Crippen molar-refractivity contribution in [2.45, 2.75) is 13.5 Å². The van der Waals surface area contributed by atoms with Gasteiger partial charge < -0.3 is 5.73 Å². The first-order chi connectivity index (χ1) is 4.74. The second-order valence-corrected chi connectivity index (χ2v) is 2.03. The Morgan fingerprint density at radius 2 is 2.40 bits per heavy atom. The lowest BCUT2D eigenvalue weighted by Crippen LogP contribution is -2.15. The summed E-state index contributed by atoms with van der Waals surface area (Å²) in [5.74, 6) is 0. The third-order valence-electron chi connectivity index (χ3n) is 1.27. The normalized spacial score (nSPS) is 9.80. The van der Waals surface area contributed by atoms with Crippen LogP contribution in [-0.4, -0.2) is 17.8 Å². The summed E-state index contributed by atoms with van der Waals surface area (Å²) in [7, 11) is 5.37. The van der Waals surface area contributed by atoms with Gasteiger partial charge in [-0.15, -0.1) is 0 Å². The quantitative estimate of drug-likeness (QED) is 0.502. The van der Waals surface area contributed by atoms with E-state index < -0.39 is 0 Å². The fraction of sp³-hybridized carbons (Fsp3) is 0.333. The van der Waals surface area contributed by atoms with Gasteiger partial charge >= 0.3 is 0 Å². The van der Waals surface area contributed by atoms with Gasteiger partial charge in [0.2, 0.25) is 0 Å². The summed E-state index contributed by atoms with van der Waals surface area (Å²) < 4.78 is 0. The summed E-state index contributed by atoms with van der Waals surface area (Å²) in [6, 6.07) is 0. The lowest BCUT2D eigenvalue weighted by Gasteiger charge is -2.00. The van der Waals surface area contributed by atoms with Crippen LogP contribution in [0.2, 0.25) is 0 Å². The zero-order chi connectivity index (χ0) is 7.56. The Kier molecular flexibility index (Phi) is 2.01. The standard InChI is InChI=1S/C6H8BN3/c1-4-5(2-8)10-6(7)3-9-4/h3H,2,8H2,1H3. The minimum absolute atomic E-state index is 0.393. The van der Waals surface area contributed by atoms with Gasteiger partial charge in [0.1, 0.15) is 7.85 Å². The molecule has 0 amide bonds. The SMILES string of the molecule is [B]c1cnc(C)c(CN)n1. The van der Waals surface area contributed by atoms with Gasteiger partial charge in [-0.05, 0) is 6.92 Å². The Morgan fingerprint density at radius 3 is 2.90 bits per heavy atom. The summed E-state index contributed by atoms with van der Waals surface area (Å²) in [6.45, 7) is 2.25. The van der Waals surface area contributed by atoms with Crippen molar-refractivity contribution < 1.29 is 0 Å². The molecule has 50 valence electrons. The molecular weight excluding hydrogens is 125 g/mol. The van der Waals surface area contributed by atoms with Gasteiger partial charge in [-0.1, -0.05) is 0 Å². The number of aryl methyl sites for hydroxylation is 1. The Hall–Kier alpha value is -0.895. The van der Waals surface area contributed by atoms with E-state index in [0.717, 1.165) is 11.4 Å². The first-order valence-corrected chi connectivity index (χ1v) is 3.02. The zero-order valence-electron chi connectivity index (χ0n) is 5.83. The molecule has 0 aliphatic rings. The lowest BCUT2D eigenvalue weighted by molar-refractivity contribution is 0.942. The molecule has 10 heavy (non-hydrogen) atoms. The highest BCUT2D eigenvalue weighted by atomic mass is 14.8. The molecule has 0 atom stereocenters. The molecule has 2 N–H and O–H groups in total. The minimum atomic E-state index is 0.393. The van der Waals surface area contributed by atoms with E-state index in [4.69, 9.17) is 13.6 Å². The average Bonchev–Trinajstić information content (AvgIpc) is 1.94. The number of rotatable bonds is 1. The molecule has 1 aromatic heterocycles. The van der Waals surface area contributed by atoms with Gasteiger partial charge in [-0.25, -0.2) is 0 Å². The smallest absolute Gasteiger partial charge is 0.143 e. The van der Waals surface area contributed by atoms with Crippen LogP contribution in [0.1, 0.15) is 11.4 Å². The third-order valence-corrected chi connectivity index (χ3v) is 1.27. The maximum absolute atomic E-state index is 5.37. The maximum atomic E-state index is 5.37. The highest BCUT2D eigenvalue weighted by Crippen LogP contribution is 1.94. The minimum Gasteiger partial charge on any atom is -0.325 e. The number of hydrogen-bond acceptors (Lipinski definition) is 3. The second-order valence-electron chi connectivity index (χ2n) is 2.03. The monoisotopic (exact) mass is 133 g/mol. The van der Waals surface area contributed by atoms with Crippen LogP contribution < -0.4 is 11.3 Å². The molecule has 0 aliphatic heterocycles. The molecule has 0 aromatic carbocycles. The third kappa shape index (κ3) is 1.33. The van der Waals surface area contributed by atoms with E-state index in [-0.39, 0.29) is 0 Å². The van der Waals surface area contributed by atoms with Crippen LogP contribution in [0.15, 0.2) is 6.20 Å². The van der Waals surface area contributed by atoms with Crippen molar-refractivity contribution in [1.82, 2.24) is 9.97 Å². The Bertz CT molecular complexity index is 236. The summed E-state index contributed by atoms with van der Waals surface area (Å²) >= 11 is 0. The Labute approximate surface area is 61.1 Å². The highest BCUT2D eigenvalue weighted by molar-refractivity contribution is 6.30. The van der Waals surface area contributed by atoms with Crippen LogP contribution in [0, 0.1) is 6.92 Å². The number of nitrogens with zero attached hydrogens (tertiary/aromatic N) is 2. The molecule has 0 saturated heterocycles. The van der Waals surface area contributed by atoms with Gasteiger partial charge in [-0.2, -0.15) is 0 Å². The van der Waals surface area contributed by atoms with Crippen molar-refractivity contribution in [3.8, 4) is 0 Å². The second kappa shape index (κ2) is 2.79. The van der Waals surface area contributed by atoms with Crippen LogP contribution in [0.25, 0.3) is 0 Å². The Balaban J connectivity index is 3.09. The van der Waals surface area contributed by atoms with Crippen LogP contribution >= 0.6 is 0 Å². The van der Waals surface area contributed by atoms with Gasteiger partial charge in [-0.3, -0.25) is 9.97 Å². The molecule has 1 rings (SSSR count). The van der Waals surface area contributed by atoms with Crippen molar-refractivity contribution >= 4 is 13.4 Å². The topological polar surface area (TPSA) is 51.8 Å². The van der Waals surface area contributed by atoms with Crippen molar-refractivity contribution in [1.29, 1.82) is 0 Å². The van der Waals surface area contributed by atoms with E-state index in [9.17, 15) is 0 Å². The van der Waals surface area contributed by atoms with Gasteiger partial charge in [0, 0.05) is 18.3 Å². The molecule has 0 bridgehead atoms. The molecule has 0 aliphatic carbocycles. The molecular formula is C6H8BN3. The summed E-state index contributed by atoms with van der Waals surface area (Å²) in [5, 5.41) is 0. The van der Waals surface area contributed by atoms with Crippen molar-refractivity contribution in [3.63, 3.8) is 0 Å². The molecule has 0 fully saturated rings. The van der Waals surface area contributed by atoms with E-state index >= 15 is 0 Å². The maximum Gasteiger partial charge on any atom is 0.143 e. The zero-order valence-corrected chi connectivity index (χ0v) is 5.83. The van der Waals surface area contributed by atoms with Crippen LogP contribution in [-0.2, 0) is 6.54 Å². The van der Waals surface area contributed by atoms with Gasteiger partial charge in [0.15, 0.2) is 0 Å². The lowest BCUT2D eigenvalue weighted by atomic mass is 10.1.